The first-order valence-electron chi connectivity index (χ1n) is 6.17. The van der Waals surface area contributed by atoms with Crippen molar-refractivity contribution in [1.82, 2.24) is 0 Å². The van der Waals surface area contributed by atoms with E-state index in [1.807, 2.05) is 12.1 Å². The van der Waals surface area contributed by atoms with E-state index in [1.165, 1.54) is 0 Å². The highest BCUT2D eigenvalue weighted by Crippen LogP contribution is 2.12. The van der Waals surface area contributed by atoms with Crippen LogP contribution in [0.1, 0.15) is 16.8 Å². The molecule has 1 rings (SSSR count). The van der Waals surface area contributed by atoms with Crippen LogP contribution in [0, 0.1) is 0 Å². The quantitative estimate of drug-likeness (QED) is 0.488. The molecule has 0 aromatic heterocycles. The van der Waals surface area contributed by atoms with Crippen LogP contribution in [0.2, 0.25) is 0 Å². The van der Waals surface area contributed by atoms with Crippen molar-refractivity contribution in [3.8, 4) is 0 Å². The van der Waals surface area contributed by atoms with E-state index in [-0.39, 0.29) is 12.4 Å². The lowest BCUT2D eigenvalue weighted by molar-refractivity contribution is 0.0488. The topological polar surface area (TPSA) is 44.8 Å². The second-order valence-corrected chi connectivity index (χ2v) is 4.86. The molecule has 0 aliphatic rings. The number of carbonyl (C=O) groups excluding carboxylic acids is 1. The van der Waals surface area contributed by atoms with E-state index in [0.717, 1.165) is 10.9 Å². The molecule has 0 fully saturated rings. The van der Waals surface area contributed by atoms with Gasteiger partial charge in [0.1, 0.15) is 6.61 Å². The predicted octanol–water partition coefficient (Wildman–Crippen LogP) is 2.70. The Labute approximate surface area is 122 Å². The molecule has 0 radical (unpaired) electrons. The highest BCUT2D eigenvalue weighted by Gasteiger charge is 2.05. The van der Waals surface area contributed by atoms with Crippen LogP contribution in [0.25, 0.3) is 0 Å². The summed E-state index contributed by atoms with van der Waals surface area (Å²) < 4.78 is 16.4. The van der Waals surface area contributed by atoms with Crippen molar-refractivity contribution in [3.63, 3.8) is 0 Å². The average Bonchev–Trinajstić information content (AvgIpc) is 2.41. The molecule has 4 nitrogen and oxygen atoms in total. The first-order valence-corrected chi connectivity index (χ1v) is 6.96. The number of ether oxygens (including phenoxy) is 3. The average molecular weight is 331 g/mol. The largest absolute Gasteiger partial charge is 0.382 e. The van der Waals surface area contributed by atoms with Gasteiger partial charge < -0.3 is 14.2 Å². The van der Waals surface area contributed by atoms with E-state index in [9.17, 15) is 4.79 Å². The fourth-order valence-electron chi connectivity index (χ4n) is 1.42. The van der Waals surface area contributed by atoms with Gasteiger partial charge in [0.05, 0.1) is 13.2 Å². The van der Waals surface area contributed by atoms with E-state index in [4.69, 9.17) is 14.2 Å². The molecule has 106 valence electrons. The molecule has 0 aliphatic carbocycles. The van der Waals surface area contributed by atoms with Gasteiger partial charge in [-0.05, 0) is 18.6 Å². The van der Waals surface area contributed by atoms with Gasteiger partial charge in [-0.15, -0.1) is 0 Å². The summed E-state index contributed by atoms with van der Waals surface area (Å²) in [4.78, 5) is 11.8. The number of hydrogen-bond donors (Lipinski definition) is 0. The normalized spacial score (nSPS) is 10.6. The summed E-state index contributed by atoms with van der Waals surface area (Å²) in [5.74, 6) is -0.0124. The van der Waals surface area contributed by atoms with Gasteiger partial charge in [-0.3, -0.25) is 4.79 Å². The number of methoxy groups -OCH3 is 1. The molecule has 0 saturated carbocycles. The van der Waals surface area contributed by atoms with Crippen LogP contribution in [-0.2, 0) is 14.2 Å². The van der Waals surface area contributed by atoms with Crippen LogP contribution < -0.4 is 0 Å². The van der Waals surface area contributed by atoms with Gasteiger partial charge in [0.25, 0.3) is 0 Å². The third kappa shape index (κ3) is 7.42. The Morgan fingerprint density at radius 3 is 2.68 bits per heavy atom. The second-order valence-electron chi connectivity index (χ2n) is 3.94. The molecule has 0 unspecified atom stereocenters. The van der Waals surface area contributed by atoms with Crippen LogP contribution in [0.4, 0.5) is 0 Å². The van der Waals surface area contributed by atoms with Crippen molar-refractivity contribution in [2.45, 2.75) is 6.42 Å². The molecule has 0 amide bonds. The monoisotopic (exact) mass is 330 g/mol. The predicted molar refractivity (Wildman–Crippen MR) is 76.6 cm³/mol. The molecule has 0 spiro atoms. The van der Waals surface area contributed by atoms with Gasteiger partial charge in [-0.25, -0.2) is 0 Å². The molecule has 0 heterocycles. The number of hydrogen-bond acceptors (Lipinski definition) is 4. The summed E-state index contributed by atoms with van der Waals surface area (Å²) in [5, 5.41) is 0. The zero-order chi connectivity index (χ0) is 13.9. The standard InChI is InChI=1S/C14H19BrO4/c1-17-8-9-18-6-3-7-19-11-14(16)12-4-2-5-13(15)10-12/h2,4-5,10H,3,6-9,11H2,1H3. The van der Waals surface area contributed by atoms with Gasteiger partial charge in [0.2, 0.25) is 0 Å². The molecule has 1 aromatic rings. The summed E-state index contributed by atoms with van der Waals surface area (Å²) in [6.45, 7) is 2.44. The zero-order valence-electron chi connectivity index (χ0n) is 11.1. The van der Waals surface area contributed by atoms with Crippen molar-refractivity contribution in [1.29, 1.82) is 0 Å². The van der Waals surface area contributed by atoms with Gasteiger partial charge >= 0.3 is 0 Å². The van der Waals surface area contributed by atoms with E-state index in [1.54, 1.807) is 19.2 Å². The Morgan fingerprint density at radius 2 is 1.95 bits per heavy atom. The van der Waals surface area contributed by atoms with Crippen molar-refractivity contribution in [2.24, 2.45) is 0 Å². The van der Waals surface area contributed by atoms with E-state index >= 15 is 0 Å². The van der Waals surface area contributed by atoms with Crippen LogP contribution in [-0.4, -0.2) is 45.9 Å². The molecule has 0 N–H and O–H groups in total. The Balaban J connectivity index is 2.08. The first kappa shape index (κ1) is 16.3. The van der Waals surface area contributed by atoms with Gasteiger partial charge in [0.15, 0.2) is 5.78 Å². The second kappa shape index (κ2) is 10.1. The minimum absolute atomic E-state index is 0.0124. The van der Waals surface area contributed by atoms with E-state index in [2.05, 4.69) is 15.9 Å². The number of ketones is 1. The fourth-order valence-corrected chi connectivity index (χ4v) is 1.82. The Hall–Kier alpha value is -0.750. The summed E-state index contributed by atoms with van der Waals surface area (Å²) in [5.41, 5.74) is 0.658. The molecule has 1 aromatic carbocycles. The molecule has 19 heavy (non-hydrogen) atoms. The molecule has 5 heteroatoms. The maximum atomic E-state index is 11.8. The summed E-state index contributed by atoms with van der Waals surface area (Å²) in [6.07, 6.45) is 0.773. The summed E-state index contributed by atoms with van der Waals surface area (Å²) in [7, 11) is 1.64. The third-order valence-corrected chi connectivity index (χ3v) is 2.88. The lowest BCUT2D eigenvalue weighted by atomic mass is 10.1. The number of rotatable bonds is 10. The number of Topliss-reactive ketones (excluding diaryl/α,β-unsaturated/α-hetero) is 1. The minimum Gasteiger partial charge on any atom is -0.382 e. The van der Waals surface area contributed by atoms with Gasteiger partial charge in [0, 0.05) is 30.4 Å². The molecule has 0 bridgehead atoms. The fraction of sp³-hybridized carbons (Fsp3) is 0.500. The van der Waals surface area contributed by atoms with Crippen LogP contribution in [0.5, 0.6) is 0 Å². The first-order chi connectivity index (χ1) is 9.24. The molecule has 0 atom stereocenters. The van der Waals surface area contributed by atoms with Gasteiger partial charge in [-0.1, -0.05) is 28.1 Å². The van der Waals surface area contributed by atoms with Crippen LogP contribution in [0.15, 0.2) is 28.7 Å². The van der Waals surface area contributed by atoms with Crippen molar-refractivity contribution < 1.29 is 19.0 Å². The smallest absolute Gasteiger partial charge is 0.188 e. The number of halogens is 1. The molecule has 0 saturated heterocycles. The third-order valence-electron chi connectivity index (χ3n) is 2.39. The molecular formula is C14H19BrO4. The van der Waals surface area contributed by atoms with Crippen molar-refractivity contribution in [3.05, 3.63) is 34.3 Å². The maximum absolute atomic E-state index is 11.8. The maximum Gasteiger partial charge on any atom is 0.188 e. The molecule has 0 aliphatic heterocycles. The van der Waals surface area contributed by atoms with Crippen LogP contribution >= 0.6 is 15.9 Å². The highest BCUT2D eigenvalue weighted by atomic mass is 79.9. The lowest BCUT2D eigenvalue weighted by Gasteiger charge is -2.05. The Bertz CT molecular complexity index is 381. The summed E-state index contributed by atoms with van der Waals surface area (Å²) in [6, 6.07) is 7.29. The van der Waals surface area contributed by atoms with Crippen molar-refractivity contribution in [2.75, 3.05) is 40.1 Å². The Kier molecular flexibility index (Phi) is 8.66. The molecular weight excluding hydrogens is 312 g/mol. The van der Waals surface area contributed by atoms with Gasteiger partial charge in [-0.2, -0.15) is 0 Å². The highest BCUT2D eigenvalue weighted by molar-refractivity contribution is 9.10. The number of benzene rings is 1. The number of carbonyl (C=O) groups is 1. The van der Waals surface area contributed by atoms with E-state index in [0.29, 0.717) is 32.0 Å². The van der Waals surface area contributed by atoms with Crippen LogP contribution in [0.3, 0.4) is 0 Å². The summed E-state index contributed by atoms with van der Waals surface area (Å²) >= 11 is 3.33. The zero-order valence-corrected chi connectivity index (χ0v) is 12.6. The van der Waals surface area contributed by atoms with Crippen molar-refractivity contribution >= 4 is 21.7 Å². The van der Waals surface area contributed by atoms with E-state index < -0.39 is 0 Å². The SMILES string of the molecule is COCCOCCCOCC(=O)c1cccc(Br)c1. The Morgan fingerprint density at radius 1 is 1.16 bits per heavy atom. The lowest BCUT2D eigenvalue weighted by Crippen LogP contribution is -2.11. The minimum atomic E-state index is -0.0124.